The van der Waals surface area contributed by atoms with Gasteiger partial charge in [-0.1, -0.05) is 48.5 Å². The first kappa shape index (κ1) is 18.2. The number of carbonyl (C=O) groups is 3. The minimum atomic E-state index is -0.868. The Balaban J connectivity index is 1.98. The first-order valence-corrected chi connectivity index (χ1v) is 7.85. The summed E-state index contributed by atoms with van der Waals surface area (Å²) in [5.41, 5.74) is 2.24. The fourth-order valence-electron chi connectivity index (χ4n) is 2.22. The van der Waals surface area contributed by atoms with Crippen LogP contribution in [0, 0.1) is 0 Å². The zero-order valence-corrected chi connectivity index (χ0v) is 13.9. The molecule has 0 unspecified atom stereocenters. The van der Waals surface area contributed by atoms with Gasteiger partial charge in [0.15, 0.2) is 6.61 Å². The van der Waals surface area contributed by atoms with Gasteiger partial charge in [0.2, 0.25) is 0 Å². The van der Waals surface area contributed by atoms with Crippen molar-refractivity contribution in [1.29, 1.82) is 0 Å². The normalized spacial score (nSPS) is 9.96. The van der Waals surface area contributed by atoms with Gasteiger partial charge in [-0.3, -0.25) is 10.1 Å². The minimum Gasteiger partial charge on any atom is -0.452 e. The highest BCUT2D eigenvalue weighted by Gasteiger charge is 2.15. The molecule has 0 bridgehead atoms. The number of alkyl carbamates (subject to hydrolysis) is 1. The highest BCUT2D eigenvalue weighted by Crippen LogP contribution is 2.15. The van der Waals surface area contributed by atoms with Crippen molar-refractivity contribution in [2.45, 2.75) is 13.3 Å². The summed E-state index contributed by atoms with van der Waals surface area (Å²) >= 11 is 0. The van der Waals surface area contributed by atoms with Crippen molar-refractivity contribution in [2.75, 3.05) is 13.2 Å². The van der Waals surface area contributed by atoms with Gasteiger partial charge in [0, 0.05) is 0 Å². The molecule has 0 aromatic heterocycles. The minimum absolute atomic E-state index is 0.145. The fraction of sp³-hybridized carbons (Fsp3) is 0.211. The molecule has 0 aliphatic heterocycles. The number of ether oxygens (including phenoxy) is 2. The predicted octanol–water partition coefficient (Wildman–Crippen LogP) is 2.71. The molecular formula is C19H19NO5. The quantitative estimate of drug-likeness (QED) is 0.817. The summed E-state index contributed by atoms with van der Waals surface area (Å²) in [5, 5.41) is 1.96. The second kappa shape index (κ2) is 9.22. The highest BCUT2D eigenvalue weighted by molar-refractivity contribution is 5.96. The smallest absolute Gasteiger partial charge is 0.413 e. The maximum Gasteiger partial charge on any atom is 0.413 e. The van der Waals surface area contributed by atoms with Crippen LogP contribution < -0.4 is 5.32 Å². The number of nitrogens with one attached hydrogen (secondary N) is 1. The maximum absolute atomic E-state index is 12.3. The maximum atomic E-state index is 12.3. The SMILES string of the molecule is CCOC(=O)NC(=O)COC(=O)c1ccccc1Cc1ccccc1. The first-order valence-electron chi connectivity index (χ1n) is 7.85. The molecule has 2 aromatic rings. The van der Waals surface area contributed by atoms with Crippen molar-refractivity contribution in [3.63, 3.8) is 0 Å². The number of rotatable bonds is 6. The molecule has 2 amide bonds. The number of esters is 1. The molecule has 2 rings (SSSR count). The standard InChI is InChI=1S/C19H19NO5/c1-2-24-19(23)20-17(21)13-25-18(22)16-11-7-6-10-15(16)12-14-8-4-3-5-9-14/h3-11H,2,12-13H2,1H3,(H,20,21,23). The molecule has 0 saturated heterocycles. The lowest BCUT2D eigenvalue weighted by atomic mass is 10.00. The van der Waals surface area contributed by atoms with Gasteiger partial charge >= 0.3 is 12.1 Å². The largest absolute Gasteiger partial charge is 0.452 e. The van der Waals surface area contributed by atoms with Crippen LogP contribution in [0.1, 0.15) is 28.4 Å². The Morgan fingerprint density at radius 1 is 0.920 bits per heavy atom. The summed E-state index contributed by atoms with van der Waals surface area (Å²) in [6.45, 7) is 1.21. The number of carbonyl (C=O) groups excluding carboxylic acids is 3. The summed E-state index contributed by atoms with van der Waals surface area (Å²) in [5.74, 6) is -1.36. The Kier molecular flexibility index (Phi) is 6.71. The van der Waals surface area contributed by atoms with Gasteiger partial charge in [-0.15, -0.1) is 0 Å². The average Bonchev–Trinajstić information content (AvgIpc) is 2.61. The molecule has 0 aliphatic carbocycles. The van der Waals surface area contributed by atoms with Crippen molar-refractivity contribution in [2.24, 2.45) is 0 Å². The van der Waals surface area contributed by atoms with Crippen LogP contribution in [0.25, 0.3) is 0 Å². The van der Waals surface area contributed by atoms with E-state index in [1.165, 1.54) is 0 Å². The van der Waals surface area contributed by atoms with E-state index in [4.69, 9.17) is 4.74 Å². The van der Waals surface area contributed by atoms with E-state index in [-0.39, 0.29) is 6.61 Å². The van der Waals surface area contributed by atoms with E-state index in [2.05, 4.69) is 4.74 Å². The molecule has 0 spiro atoms. The third-order valence-electron chi connectivity index (χ3n) is 3.33. The van der Waals surface area contributed by atoms with Crippen LogP contribution in [0.15, 0.2) is 54.6 Å². The van der Waals surface area contributed by atoms with Crippen molar-refractivity contribution in [3.8, 4) is 0 Å². The van der Waals surface area contributed by atoms with Crippen LogP contribution in [-0.4, -0.2) is 31.2 Å². The Bertz CT molecular complexity index is 742. The number of hydrogen-bond donors (Lipinski definition) is 1. The average molecular weight is 341 g/mol. The molecule has 0 atom stereocenters. The summed E-state index contributed by atoms with van der Waals surface area (Å²) in [6, 6.07) is 16.8. The van der Waals surface area contributed by atoms with Gasteiger partial charge in [-0.05, 0) is 30.5 Å². The highest BCUT2D eigenvalue weighted by atomic mass is 16.6. The number of amides is 2. The molecule has 6 heteroatoms. The number of benzene rings is 2. The van der Waals surface area contributed by atoms with Gasteiger partial charge in [0.05, 0.1) is 12.2 Å². The van der Waals surface area contributed by atoms with E-state index in [9.17, 15) is 14.4 Å². The van der Waals surface area contributed by atoms with Gasteiger partial charge in [0.25, 0.3) is 5.91 Å². The van der Waals surface area contributed by atoms with Gasteiger partial charge in [-0.25, -0.2) is 9.59 Å². The molecular weight excluding hydrogens is 322 g/mol. The van der Waals surface area contributed by atoms with Crippen molar-refractivity contribution in [1.82, 2.24) is 5.32 Å². The van der Waals surface area contributed by atoms with E-state index < -0.39 is 24.6 Å². The number of imide groups is 1. The molecule has 25 heavy (non-hydrogen) atoms. The lowest BCUT2D eigenvalue weighted by Gasteiger charge is -2.10. The van der Waals surface area contributed by atoms with E-state index >= 15 is 0 Å². The van der Waals surface area contributed by atoms with Crippen molar-refractivity contribution >= 4 is 18.0 Å². The summed E-state index contributed by atoms with van der Waals surface area (Å²) in [4.78, 5) is 34.9. The molecule has 1 N–H and O–H groups in total. The van der Waals surface area contributed by atoms with E-state index in [1.54, 1.807) is 19.1 Å². The van der Waals surface area contributed by atoms with Crippen LogP contribution in [0.3, 0.4) is 0 Å². The Labute approximate surface area is 145 Å². The molecule has 0 saturated carbocycles. The first-order chi connectivity index (χ1) is 12.1. The van der Waals surface area contributed by atoms with Crippen LogP contribution >= 0.6 is 0 Å². The number of hydrogen-bond acceptors (Lipinski definition) is 5. The van der Waals surface area contributed by atoms with Gasteiger partial charge in [-0.2, -0.15) is 0 Å². The third-order valence-corrected chi connectivity index (χ3v) is 3.33. The summed E-state index contributed by atoms with van der Waals surface area (Å²) in [7, 11) is 0. The zero-order valence-electron chi connectivity index (χ0n) is 13.9. The summed E-state index contributed by atoms with van der Waals surface area (Å²) < 4.78 is 9.57. The van der Waals surface area contributed by atoms with E-state index in [0.717, 1.165) is 11.1 Å². The van der Waals surface area contributed by atoms with Crippen LogP contribution in [0.2, 0.25) is 0 Å². The molecule has 0 aliphatic rings. The predicted molar refractivity (Wildman–Crippen MR) is 91.1 cm³/mol. The monoisotopic (exact) mass is 341 g/mol. The van der Waals surface area contributed by atoms with Crippen LogP contribution in [0.5, 0.6) is 0 Å². The van der Waals surface area contributed by atoms with Crippen molar-refractivity contribution in [3.05, 3.63) is 71.3 Å². The molecule has 0 radical (unpaired) electrons. The lowest BCUT2D eigenvalue weighted by Crippen LogP contribution is -2.34. The lowest BCUT2D eigenvalue weighted by molar-refractivity contribution is -0.123. The van der Waals surface area contributed by atoms with E-state index in [1.807, 2.05) is 47.8 Å². The Morgan fingerprint density at radius 3 is 2.32 bits per heavy atom. The van der Waals surface area contributed by atoms with Crippen LogP contribution in [0.4, 0.5) is 4.79 Å². The Hall–Kier alpha value is -3.15. The molecule has 0 heterocycles. The second-order valence-electron chi connectivity index (χ2n) is 5.16. The van der Waals surface area contributed by atoms with Crippen molar-refractivity contribution < 1.29 is 23.9 Å². The molecule has 130 valence electrons. The van der Waals surface area contributed by atoms with E-state index in [0.29, 0.717) is 12.0 Å². The second-order valence-corrected chi connectivity index (χ2v) is 5.16. The Morgan fingerprint density at radius 2 is 1.60 bits per heavy atom. The summed E-state index contributed by atoms with van der Waals surface area (Å²) in [6.07, 6.45) is -0.297. The third kappa shape index (κ3) is 5.76. The molecule has 0 fully saturated rings. The zero-order chi connectivity index (χ0) is 18.1. The molecule has 6 nitrogen and oxygen atoms in total. The molecule has 2 aromatic carbocycles. The van der Waals surface area contributed by atoms with Gasteiger partial charge in [0.1, 0.15) is 0 Å². The van der Waals surface area contributed by atoms with Crippen LogP contribution in [-0.2, 0) is 20.7 Å². The fourth-order valence-corrected chi connectivity index (χ4v) is 2.22. The van der Waals surface area contributed by atoms with Gasteiger partial charge < -0.3 is 9.47 Å². The topological polar surface area (TPSA) is 81.7 Å².